The van der Waals surface area contributed by atoms with Gasteiger partial charge in [-0.3, -0.25) is 4.79 Å². The molecule has 0 aromatic heterocycles. The first-order chi connectivity index (χ1) is 24.7. The molecule has 0 aromatic carbocycles. The molecule has 0 aliphatic heterocycles. The van der Waals surface area contributed by atoms with Crippen molar-refractivity contribution in [2.45, 2.75) is 170 Å². The predicted molar refractivity (Wildman–Crippen MR) is 220 cm³/mol. The van der Waals surface area contributed by atoms with Gasteiger partial charge in [-0.25, -0.2) is 0 Å². The van der Waals surface area contributed by atoms with E-state index in [1.165, 1.54) is 57.8 Å². The number of hydrogen-bond acceptors (Lipinski definition) is 2. The molecule has 0 N–H and O–H groups in total. The summed E-state index contributed by atoms with van der Waals surface area (Å²) in [5.41, 5.74) is 2.46. The van der Waals surface area contributed by atoms with Gasteiger partial charge in [0.05, 0.1) is 0 Å². The van der Waals surface area contributed by atoms with Gasteiger partial charge in [-0.15, -0.1) is 0 Å². The highest BCUT2D eigenvalue weighted by atomic mass is 16.5. The molecule has 8 atom stereocenters. The van der Waals surface area contributed by atoms with Gasteiger partial charge in [0.1, 0.15) is 6.10 Å². The van der Waals surface area contributed by atoms with Crippen LogP contribution >= 0.6 is 0 Å². The number of fused-ring (bicyclic) bond motifs is 5. The zero-order chi connectivity index (χ0) is 36.5. The van der Waals surface area contributed by atoms with Crippen molar-refractivity contribution in [1.82, 2.24) is 0 Å². The van der Waals surface area contributed by atoms with Gasteiger partial charge in [0, 0.05) is 12.8 Å². The van der Waals surface area contributed by atoms with Crippen LogP contribution < -0.4 is 0 Å². The first-order valence-corrected chi connectivity index (χ1v) is 21.5. The zero-order valence-electron chi connectivity index (χ0n) is 33.8. The van der Waals surface area contributed by atoms with Crippen LogP contribution in [0.3, 0.4) is 0 Å². The quantitative estimate of drug-likeness (QED) is 0.0935. The lowest BCUT2D eigenvalue weighted by Crippen LogP contribution is -2.51. The highest BCUT2D eigenvalue weighted by molar-refractivity contribution is 5.69. The van der Waals surface area contributed by atoms with Gasteiger partial charge in [-0.05, 0) is 136 Å². The van der Waals surface area contributed by atoms with Crippen LogP contribution in [0.15, 0.2) is 84.6 Å². The molecule has 51 heavy (non-hydrogen) atoms. The molecule has 4 aliphatic carbocycles. The van der Waals surface area contributed by atoms with E-state index in [0.29, 0.717) is 17.3 Å². The second-order valence-corrected chi connectivity index (χ2v) is 17.6. The van der Waals surface area contributed by atoms with Gasteiger partial charge in [0.15, 0.2) is 0 Å². The molecule has 4 rings (SSSR count). The SMILES string of the molecule is CC/C=C\C/C=C\C/C=C\C/C=C\C/C=C\C/C=C\CCC(=O)O[C@H]1CC[C@@]2(C)C(=CC[C@H]3[C@@H]4CC[C@H]([C@H](C)CCCC(C)C)[C@@]4(C)CC[C@@H]32)C1. The maximum Gasteiger partial charge on any atom is 0.306 e. The van der Waals surface area contributed by atoms with Crippen LogP contribution in [0.5, 0.6) is 0 Å². The molecule has 2 heteroatoms. The fraction of sp³-hybridized carbons (Fsp3) is 0.694. The van der Waals surface area contributed by atoms with Crippen LogP contribution in [0.2, 0.25) is 0 Å². The van der Waals surface area contributed by atoms with Gasteiger partial charge in [0.2, 0.25) is 0 Å². The minimum absolute atomic E-state index is 0.0228. The van der Waals surface area contributed by atoms with E-state index in [0.717, 1.165) is 93.3 Å². The Bertz CT molecular complexity index is 1260. The lowest BCUT2D eigenvalue weighted by molar-refractivity contribution is -0.151. The maximum absolute atomic E-state index is 12.8. The summed E-state index contributed by atoms with van der Waals surface area (Å²) < 4.78 is 6.09. The summed E-state index contributed by atoms with van der Waals surface area (Å²) in [6.45, 7) is 14.8. The Labute approximate surface area is 315 Å². The van der Waals surface area contributed by atoms with Crippen LogP contribution in [-0.4, -0.2) is 12.1 Å². The van der Waals surface area contributed by atoms with E-state index in [4.69, 9.17) is 4.74 Å². The molecule has 284 valence electrons. The zero-order valence-corrected chi connectivity index (χ0v) is 33.8. The Morgan fingerprint density at radius 2 is 1.37 bits per heavy atom. The summed E-state index contributed by atoms with van der Waals surface area (Å²) in [5.74, 6) is 5.15. The molecule has 0 amide bonds. The summed E-state index contributed by atoms with van der Waals surface area (Å²) in [7, 11) is 0. The number of carbonyl (C=O) groups is 1. The highest BCUT2D eigenvalue weighted by Gasteiger charge is 2.59. The van der Waals surface area contributed by atoms with Crippen LogP contribution in [-0.2, 0) is 9.53 Å². The van der Waals surface area contributed by atoms with Crippen molar-refractivity contribution in [2.75, 3.05) is 0 Å². The molecule has 2 nitrogen and oxygen atoms in total. The molecule has 0 aromatic rings. The normalized spacial score (nSPS) is 31.7. The average Bonchev–Trinajstić information content (AvgIpc) is 3.46. The van der Waals surface area contributed by atoms with Crippen LogP contribution in [0, 0.1) is 46.3 Å². The third-order valence-electron chi connectivity index (χ3n) is 13.7. The summed E-state index contributed by atoms with van der Waals surface area (Å²) in [6, 6.07) is 0. The Hall–Kier alpha value is -2.35. The molecule has 0 spiro atoms. The van der Waals surface area contributed by atoms with E-state index in [1.807, 2.05) is 0 Å². The van der Waals surface area contributed by atoms with Crippen molar-refractivity contribution in [3.8, 4) is 0 Å². The molecular formula is C49H76O2. The fourth-order valence-electron chi connectivity index (χ4n) is 10.8. The van der Waals surface area contributed by atoms with Gasteiger partial charge in [-0.2, -0.15) is 0 Å². The number of esters is 1. The third-order valence-corrected chi connectivity index (χ3v) is 13.7. The number of hydrogen-bond donors (Lipinski definition) is 0. The second-order valence-electron chi connectivity index (χ2n) is 17.6. The lowest BCUT2D eigenvalue weighted by Gasteiger charge is -2.58. The monoisotopic (exact) mass is 697 g/mol. The summed E-state index contributed by atoms with van der Waals surface area (Å²) in [6.07, 6.45) is 50.9. The fourth-order valence-corrected chi connectivity index (χ4v) is 10.8. The van der Waals surface area contributed by atoms with Crippen molar-refractivity contribution in [3.05, 3.63) is 84.6 Å². The van der Waals surface area contributed by atoms with Crippen molar-refractivity contribution in [3.63, 3.8) is 0 Å². The lowest BCUT2D eigenvalue weighted by atomic mass is 9.47. The smallest absolute Gasteiger partial charge is 0.306 e. The molecule has 0 radical (unpaired) electrons. The Kier molecular flexibility index (Phi) is 17.4. The largest absolute Gasteiger partial charge is 0.462 e. The van der Waals surface area contributed by atoms with E-state index >= 15 is 0 Å². The highest BCUT2D eigenvalue weighted by Crippen LogP contribution is 2.67. The van der Waals surface area contributed by atoms with E-state index < -0.39 is 0 Å². The van der Waals surface area contributed by atoms with Gasteiger partial charge >= 0.3 is 5.97 Å². The van der Waals surface area contributed by atoms with Gasteiger partial charge in [-0.1, -0.05) is 145 Å². The summed E-state index contributed by atoms with van der Waals surface area (Å²) in [4.78, 5) is 12.8. The van der Waals surface area contributed by atoms with Crippen molar-refractivity contribution in [1.29, 1.82) is 0 Å². The van der Waals surface area contributed by atoms with Crippen LogP contribution in [0.1, 0.15) is 164 Å². The minimum Gasteiger partial charge on any atom is -0.462 e. The molecule has 0 bridgehead atoms. The Balaban J connectivity index is 1.11. The van der Waals surface area contributed by atoms with Crippen molar-refractivity contribution < 1.29 is 9.53 Å². The molecule has 3 fully saturated rings. The van der Waals surface area contributed by atoms with E-state index in [1.54, 1.807) is 5.57 Å². The number of allylic oxidation sites excluding steroid dienone is 13. The predicted octanol–water partition coefficient (Wildman–Crippen LogP) is 14.4. The van der Waals surface area contributed by atoms with Crippen molar-refractivity contribution >= 4 is 5.97 Å². The third kappa shape index (κ3) is 12.1. The molecule has 3 saturated carbocycles. The summed E-state index contributed by atoms with van der Waals surface area (Å²) in [5, 5.41) is 0. The van der Waals surface area contributed by atoms with Crippen LogP contribution in [0.4, 0.5) is 0 Å². The van der Waals surface area contributed by atoms with Gasteiger partial charge < -0.3 is 4.74 Å². The van der Waals surface area contributed by atoms with E-state index in [-0.39, 0.29) is 12.1 Å². The number of carbonyl (C=O) groups excluding carboxylic acids is 1. The Morgan fingerprint density at radius 1 is 0.765 bits per heavy atom. The molecule has 0 heterocycles. The first-order valence-electron chi connectivity index (χ1n) is 21.5. The van der Waals surface area contributed by atoms with Crippen molar-refractivity contribution in [2.24, 2.45) is 46.3 Å². The number of rotatable bonds is 20. The average molecular weight is 697 g/mol. The van der Waals surface area contributed by atoms with Crippen LogP contribution in [0.25, 0.3) is 0 Å². The second kappa shape index (κ2) is 21.4. The standard InChI is InChI=1S/C49H76O2/c1-7-8-9-10-11-12-13-14-15-16-17-18-19-20-21-22-23-24-25-29-47(50)51-42-34-36-48(5)41(38-42)30-31-43-45-33-32-44(40(4)28-26-27-39(2)3)49(45,6)37-35-46(43)48/h8-9,11-12,14-15,17-18,20-21,23-24,30,39-40,42-46H,7,10,13,16,19,22,25-29,31-38H2,1-6H3/b9-8-,12-11-,15-14-,18-17-,21-20-,24-23-/t40-,42+,43+,44-,45+,46+,48+,49-/m1/s1. The molecule has 4 aliphatic rings. The summed E-state index contributed by atoms with van der Waals surface area (Å²) >= 11 is 0. The van der Waals surface area contributed by atoms with Gasteiger partial charge in [0.25, 0.3) is 0 Å². The number of ether oxygens (including phenoxy) is 1. The first kappa shape index (κ1) is 41.4. The van der Waals surface area contributed by atoms with E-state index in [9.17, 15) is 4.79 Å². The van der Waals surface area contributed by atoms with E-state index in [2.05, 4.69) is 121 Å². The topological polar surface area (TPSA) is 26.3 Å². The minimum atomic E-state index is -0.0228. The Morgan fingerprint density at radius 3 is 1.98 bits per heavy atom. The molecule has 0 saturated heterocycles. The maximum atomic E-state index is 12.8. The molecule has 0 unspecified atom stereocenters. The molecular weight excluding hydrogens is 621 g/mol.